The van der Waals surface area contributed by atoms with E-state index in [4.69, 9.17) is 0 Å². The first-order valence-electron chi connectivity index (χ1n) is 6.29. The molecule has 90 valence electrons. The summed E-state index contributed by atoms with van der Waals surface area (Å²) in [6.45, 7) is 4.15. The van der Waals surface area contributed by atoms with Crippen molar-refractivity contribution in [1.82, 2.24) is 10.2 Å². The Morgan fingerprint density at radius 1 is 1.12 bits per heavy atom. The Kier molecular flexibility index (Phi) is 3.46. The molecule has 4 nitrogen and oxygen atoms in total. The van der Waals surface area contributed by atoms with Gasteiger partial charge in [0.25, 0.3) is 0 Å². The minimum absolute atomic E-state index is 0.114. The number of nitrogens with one attached hydrogen (secondary N) is 1. The number of nitrogens with zero attached hydrogens (tertiary/aromatic N) is 1. The number of hydrogen-bond donors (Lipinski definition) is 1. The highest BCUT2D eigenvalue weighted by atomic mass is 16.2. The van der Waals surface area contributed by atoms with E-state index in [9.17, 15) is 9.59 Å². The smallest absolute Gasteiger partial charge is 0.225 e. The largest absolute Gasteiger partial charge is 0.356 e. The molecule has 2 amide bonds. The van der Waals surface area contributed by atoms with Crippen molar-refractivity contribution in [3.63, 3.8) is 0 Å². The zero-order valence-corrected chi connectivity index (χ0v) is 9.87. The third-order valence-corrected chi connectivity index (χ3v) is 3.46. The van der Waals surface area contributed by atoms with E-state index in [-0.39, 0.29) is 11.8 Å². The quantitative estimate of drug-likeness (QED) is 0.770. The van der Waals surface area contributed by atoms with Crippen LogP contribution in [0.4, 0.5) is 0 Å². The molecule has 0 aromatic heterocycles. The van der Waals surface area contributed by atoms with Crippen LogP contribution in [0.2, 0.25) is 0 Å². The maximum atomic E-state index is 11.8. The van der Waals surface area contributed by atoms with Crippen LogP contribution in [-0.2, 0) is 9.59 Å². The second kappa shape index (κ2) is 4.85. The van der Waals surface area contributed by atoms with E-state index in [0.717, 1.165) is 38.8 Å². The fourth-order valence-electron chi connectivity index (χ4n) is 2.27. The number of carbonyl (C=O) groups excluding carboxylic acids is 2. The molecule has 1 N–H and O–H groups in total. The third kappa shape index (κ3) is 2.54. The van der Waals surface area contributed by atoms with Crippen LogP contribution in [0.5, 0.6) is 0 Å². The summed E-state index contributed by atoms with van der Waals surface area (Å²) in [6, 6.07) is 0. The standard InChI is InChI=1S/C12H20N2O2/c1-2-13-11(15)9-5-7-14(8-6-9)12(16)10-3-4-10/h9-10H,2-8H2,1H3,(H,13,15). The second-order valence-corrected chi connectivity index (χ2v) is 4.77. The van der Waals surface area contributed by atoms with Gasteiger partial charge in [-0.05, 0) is 32.6 Å². The predicted molar refractivity (Wildman–Crippen MR) is 60.7 cm³/mol. The van der Waals surface area contributed by atoms with Crippen LogP contribution < -0.4 is 5.32 Å². The number of rotatable bonds is 3. The van der Waals surface area contributed by atoms with Crippen LogP contribution in [0.1, 0.15) is 32.6 Å². The lowest BCUT2D eigenvalue weighted by Gasteiger charge is -2.31. The number of hydrogen-bond acceptors (Lipinski definition) is 2. The summed E-state index contributed by atoms with van der Waals surface area (Å²) in [5.74, 6) is 0.889. The van der Waals surface area contributed by atoms with Gasteiger partial charge in [-0.3, -0.25) is 9.59 Å². The van der Waals surface area contributed by atoms with Crippen LogP contribution in [0, 0.1) is 11.8 Å². The Balaban J connectivity index is 1.77. The van der Waals surface area contributed by atoms with E-state index in [0.29, 0.717) is 18.4 Å². The van der Waals surface area contributed by atoms with E-state index in [2.05, 4.69) is 5.32 Å². The summed E-state index contributed by atoms with van der Waals surface area (Å²) >= 11 is 0. The van der Waals surface area contributed by atoms with E-state index in [1.54, 1.807) is 0 Å². The molecule has 1 aliphatic carbocycles. The molecule has 0 radical (unpaired) electrons. The molecule has 1 saturated carbocycles. The third-order valence-electron chi connectivity index (χ3n) is 3.46. The zero-order chi connectivity index (χ0) is 11.5. The van der Waals surface area contributed by atoms with Gasteiger partial charge in [0.1, 0.15) is 0 Å². The highest BCUT2D eigenvalue weighted by molar-refractivity contribution is 5.82. The minimum atomic E-state index is 0.114. The van der Waals surface area contributed by atoms with Crippen molar-refractivity contribution in [2.75, 3.05) is 19.6 Å². The van der Waals surface area contributed by atoms with Gasteiger partial charge in [0, 0.05) is 31.5 Å². The molecule has 1 aliphatic heterocycles. The van der Waals surface area contributed by atoms with Crippen molar-refractivity contribution in [2.24, 2.45) is 11.8 Å². The summed E-state index contributed by atoms with van der Waals surface area (Å²) in [4.78, 5) is 25.3. The van der Waals surface area contributed by atoms with Crippen molar-refractivity contribution >= 4 is 11.8 Å². The number of likely N-dealkylation sites (tertiary alicyclic amines) is 1. The predicted octanol–water partition coefficient (Wildman–Crippen LogP) is 0.771. The molecule has 0 aromatic rings. The molecule has 0 unspecified atom stereocenters. The minimum Gasteiger partial charge on any atom is -0.356 e. The molecule has 0 aromatic carbocycles. The average molecular weight is 224 g/mol. The molecule has 4 heteroatoms. The van der Waals surface area contributed by atoms with Crippen LogP contribution in [0.3, 0.4) is 0 Å². The lowest BCUT2D eigenvalue weighted by Crippen LogP contribution is -2.43. The lowest BCUT2D eigenvalue weighted by molar-refractivity contribution is -0.136. The van der Waals surface area contributed by atoms with E-state index >= 15 is 0 Å². The number of carbonyl (C=O) groups is 2. The van der Waals surface area contributed by atoms with Crippen molar-refractivity contribution in [1.29, 1.82) is 0 Å². The van der Waals surface area contributed by atoms with Crippen LogP contribution in [-0.4, -0.2) is 36.3 Å². The molecule has 2 fully saturated rings. The molecule has 1 heterocycles. The summed E-state index contributed by atoms with van der Waals surface area (Å²) in [5.41, 5.74) is 0. The van der Waals surface area contributed by atoms with Gasteiger partial charge in [-0.2, -0.15) is 0 Å². The van der Waals surface area contributed by atoms with E-state index in [1.807, 2.05) is 11.8 Å². The highest BCUT2D eigenvalue weighted by Crippen LogP contribution is 2.32. The topological polar surface area (TPSA) is 49.4 Å². The zero-order valence-electron chi connectivity index (χ0n) is 9.87. The first kappa shape index (κ1) is 11.4. The summed E-state index contributed by atoms with van der Waals surface area (Å²) in [6.07, 6.45) is 3.78. The Hall–Kier alpha value is -1.06. The van der Waals surface area contributed by atoms with Crippen LogP contribution in [0.25, 0.3) is 0 Å². The first-order valence-corrected chi connectivity index (χ1v) is 6.29. The molecular formula is C12H20N2O2. The molecule has 0 bridgehead atoms. The normalized spacial score (nSPS) is 21.9. The van der Waals surface area contributed by atoms with Gasteiger partial charge in [0.05, 0.1) is 0 Å². The van der Waals surface area contributed by atoms with Gasteiger partial charge in [0.2, 0.25) is 11.8 Å². The second-order valence-electron chi connectivity index (χ2n) is 4.77. The monoisotopic (exact) mass is 224 g/mol. The maximum absolute atomic E-state index is 11.8. The molecule has 2 aliphatic rings. The van der Waals surface area contributed by atoms with E-state index < -0.39 is 0 Å². The fraction of sp³-hybridized carbons (Fsp3) is 0.833. The summed E-state index contributed by atoms with van der Waals surface area (Å²) < 4.78 is 0. The summed E-state index contributed by atoms with van der Waals surface area (Å²) in [7, 11) is 0. The summed E-state index contributed by atoms with van der Waals surface area (Å²) in [5, 5.41) is 2.85. The van der Waals surface area contributed by atoms with Gasteiger partial charge in [-0.25, -0.2) is 0 Å². The molecule has 16 heavy (non-hydrogen) atoms. The van der Waals surface area contributed by atoms with Crippen molar-refractivity contribution < 1.29 is 9.59 Å². The van der Waals surface area contributed by atoms with Gasteiger partial charge < -0.3 is 10.2 Å². The van der Waals surface area contributed by atoms with Gasteiger partial charge in [-0.15, -0.1) is 0 Å². The van der Waals surface area contributed by atoms with Gasteiger partial charge >= 0.3 is 0 Å². The van der Waals surface area contributed by atoms with Crippen molar-refractivity contribution in [3.05, 3.63) is 0 Å². The SMILES string of the molecule is CCNC(=O)C1CCN(C(=O)C2CC2)CC1. The molecule has 1 saturated heterocycles. The first-order chi connectivity index (χ1) is 7.72. The Morgan fingerprint density at radius 3 is 2.25 bits per heavy atom. The molecule has 0 atom stereocenters. The maximum Gasteiger partial charge on any atom is 0.225 e. The lowest BCUT2D eigenvalue weighted by atomic mass is 9.95. The average Bonchev–Trinajstić information content (AvgIpc) is 3.12. The Bertz CT molecular complexity index is 279. The molecule has 2 rings (SSSR count). The Morgan fingerprint density at radius 2 is 1.75 bits per heavy atom. The van der Waals surface area contributed by atoms with Crippen molar-refractivity contribution in [2.45, 2.75) is 32.6 Å². The van der Waals surface area contributed by atoms with Crippen LogP contribution >= 0.6 is 0 Å². The van der Waals surface area contributed by atoms with Gasteiger partial charge in [0.15, 0.2) is 0 Å². The number of amides is 2. The highest BCUT2D eigenvalue weighted by Gasteiger charge is 2.35. The van der Waals surface area contributed by atoms with Gasteiger partial charge in [-0.1, -0.05) is 0 Å². The molecular weight excluding hydrogens is 204 g/mol. The molecule has 0 spiro atoms. The number of piperidine rings is 1. The fourth-order valence-corrected chi connectivity index (χ4v) is 2.27. The van der Waals surface area contributed by atoms with Crippen LogP contribution in [0.15, 0.2) is 0 Å². The van der Waals surface area contributed by atoms with Crippen molar-refractivity contribution in [3.8, 4) is 0 Å². The van der Waals surface area contributed by atoms with E-state index in [1.165, 1.54) is 0 Å². The Labute approximate surface area is 96.4 Å².